The van der Waals surface area contributed by atoms with E-state index in [0.29, 0.717) is 18.8 Å². The average molecular weight is 629 g/mol. The zero-order valence-corrected chi connectivity index (χ0v) is 24.8. The molecule has 0 bridgehead atoms. The molecule has 1 N–H and O–H groups in total. The Hall–Kier alpha value is -3.03. The highest BCUT2D eigenvalue weighted by molar-refractivity contribution is 14.1. The van der Waals surface area contributed by atoms with Gasteiger partial charge in [-0.2, -0.15) is 10.2 Å². The van der Waals surface area contributed by atoms with Crippen LogP contribution in [-0.2, 0) is 10.3 Å². The molecule has 0 unspecified atom stereocenters. The van der Waals surface area contributed by atoms with Crippen LogP contribution in [0.25, 0.3) is 16.9 Å². The molecule has 200 valence electrons. The monoisotopic (exact) mass is 628 g/mol. The number of carbonyl (C=O) groups excluding carboxylic acids is 1. The van der Waals surface area contributed by atoms with Gasteiger partial charge in [0.2, 0.25) is 0 Å². The number of nitrogens with zero attached hydrogens (tertiary/aromatic N) is 7. The number of carbonyl (C=O) groups is 1. The standard InChI is InChI=1S/C27H33IN8O2/c1-17-13-18(2)22(35(29-6)26(37)20-16-31-36(24(20)28)27(3,4)5)14-19(17)21-15-23(33-9-11-38-12-10-33)25-30-7-8-34(25)32-21/h7-8,13-16,29H,9-12H2,1-6H3. The normalized spacial score (nSPS) is 14.3. The Kier molecular flexibility index (Phi) is 7.18. The third kappa shape index (κ3) is 4.78. The first kappa shape index (κ1) is 26.6. The van der Waals surface area contributed by atoms with Gasteiger partial charge in [-0.1, -0.05) is 6.07 Å². The van der Waals surface area contributed by atoms with Crippen LogP contribution in [0.4, 0.5) is 11.4 Å². The summed E-state index contributed by atoms with van der Waals surface area (Å²) in [5, 5.41) is 11.0. The molecule has 3 aromatic heterocycles. The molecule has 1 fully saturated rings. The topological polar surface area (TPSA) is 92.8 Å². The summed E-state index contributed by atoms with van der Waals surface area (Å²) in [6.45, 7) is 13.2. The van der Waals surface area contributed by atoms with Gasteiger partial charge in [0.25, 0.3) is 5.91 Å². The van der Waals surface area contributed by atoms with Crippen LogP contribution in [-0.4, -0.2) is 63.6 Å². The van der Waals surface area contributed by atoms with E-state index in [0.717, 1.165) is 56.2 Å². The molecular formula is C27H33IN8O2. The van der Waals surface area contributed by atoms with Crippen molar-refractivity contribution in [1.29, 1.82) is 0 Å². The van der Waals surface area contributed by atoms with Crippen molar-refractivity contribution in [3.63, 3.8) is 0 Å². The van der Waals surface area contributed by atoms with E-state index in [9.17, 15) is 4.79 Å². The van der Waals surface area contributed by atoms with Gasteiger partial charge in [0.05, 0.1) is 47.6 Å². The molecule has 10 nitrogen and oxygen atoms in total. The van der Waals surface area contributed by atoms with E-state index >= 15 is 0 Å². The van der Waals surface area contributed by atoms with Crippen molar-refractivity contribution in [2.75, 3.05) is 43.3 Å². The molecule has 1 aromatic carbocycles. The number of amides is 1. The number of rotatable bonds is 5. The molecular weight excluding hydrogens is 595 g/mol. The van der Waals surface area contributed by atoms with Crippen LogP contribution in [0.1, 0.15) is 42.3 Å². The molecule has 11 heteroatoms. The molecule has 0 spiro atoms. The van der Waals surface area contributed by atoms with E-state index in [2.05, 4.69) is 82.8 Å². The SMILES string of the molecule is CNN(C(=O)c1cnn(C(C)(C)C)c1I)c1cc(-c2cc(N3CCOCC3)c3nccn3n2)c(C)cc1C. The first-order chi connectivity index (χ1) is 18.1. The molecule has 4 aromatic rings. The second kappa shape index (κ2) is 10.3. The van der Waals surface area contributed by atoms with E-state index in [4.69, 9.17) is 9.84 Å². The summed E-state index contributed by atoms with van der Waals surface area (Å²) in [4.78, 5) is 20.6. The number of morpholine rings is 1. The summed E-state index contributed by atoms with van der Waals surface area (Å²) in [7, 11) is 1.75. The third-order valence-corrected chi connectivity index (χ3v) is 7.79. The third-order valence-electron chi connectivity index (χ3n) is 6.75. The van der Waals surface area contributed by atoms with Crippen molar-refractivity contribution in [3.8, 4) is 11.3 Å². The number of imidazole rings is 1. The molecule has 1 aliphatic rings. The van der Waals surface area contributed by atoms with Crippen LogP contribution in [0.2, 0.25) is 0 Å². The first-order valence-electron chi connectivity index (χ1n) is 12.6. The second-order valence-electron chi connectivity index (χ2n) is 10.5. The van der Waals surface area contributed by atoms with Gasteiger partial charge in [0, 0.05) is 38.1 Å². The summed E-state index contributed by atoms with van der Waals surface area (Å²) < 4.78 is 10.1. The number of aromatic nitrogens is 5. The maximum Gasteiger partial charge on any atom is 0.276 e. The van der Waals surface area contributed by atoms with Crippen LogP contribution < -0.4 is 15.3 Å². The molecule has 5 rings (SSSR count). The Bertz CT molecular complexity index is 1500. The Morgan fingerprint density at radius 2 is 1.87 bits per heavy atom. The number of halogens is 1. The van der Waals surface area contributed by atoms with Crippen molar-refractivity contribution < 1.29 is 9.53 Å². The maximum absolute atomic E-state index is 13.8. The number of hydrazine groups is 1. The molecule has 1 amide bonds. The number of benzene rings is 1. The minimum atomic E-state index is -0.234. The lowest BCUT2D eigenvalue weighted by atomic mass is 10.00. The van der Waals surface area contributed by atoms with E-state index in [1.54, 1.807) is 24.5 Å². The van der Waals surface area contributed by atoms with Crippen molar-refractivity contribution in [2.24, 2.45) is 0 Å². The van der Waals surface area contributed by atoms with Gasteiger partial charge in [-0.15, -0.1) is 0 Å². The highest BCUT2D eigenvalue weighted by Crippen LogP contribution is 2.34. The smallest absolute Gasteiger partial charge is 0.276 e. The molecule has 0 aliphatic carbocycles. The van der Waals surface area contributed by atoms with Gasteiger partial charge in [-0.25, -0.2) is 19.9 Å². The van der Waals surface area contributed by atoms with Gasteiger partial charge in [-0.3, -0.25) is 9.48 Å². The van der Waals surface area contributed by atoms with Crippen LogP contribution in [0.5, 0.6) is 0 Å². The zero-order valence-electron chi connectivity index (χ0n) is 22.6. The summed E-state index contributed by atoms with van der Waals surface area (Å²) in [6, 6.07) is 6.23. The number of anilines is 2. The minimum Gasteiger partial charge on any atom is -0.378 e. The zero-order chi connectivity index (χ0) is 27.2. The van der Waals surface area contributed by atoms with E-state index in [1.165, 1.54) is 0 Å². The number of hydrogen-bond acceptors (Lipinski definition) is 7. The molecule has 0 atom stereocenters. The lowest BCUT2D eigenvalue weighted by molar-refractivity contribution is 0.0975. The minimum absolute atomic E-state index is 0.169. The fourth-order valence-electron chi connectivity index (χ4n) is 4.82. The molecule has 38 heavy (non-hydrogen) atoms. The molecule has 1 saturated heterocycles. The lowest BCUT2D eigenvalue weighted by Gasteiger charge is -2.29. The number of aryl methyl sites for hydroxylation is 2. The van der Waals surface area contributed by atoms with Gasteiger partial charge < -0.3 is 9.64 Å². The van der Waals surface area contributed by atoms with Crippen LogP contribution in [0.15, 0.2) is 36.8 Å². The molecule has 0 radical (unpaired) electrons. The number of nitrogens with one attached hydrogen (secondary N) is 1. The van der Waals surface area contributed by atoms with Gasteiger partial charge in [0.15, 0.2) is 5.65 Å². The van der Waals surface area contributed by atoms with E-state index < -0.39 is 0 Å². The van der Waals surface area contributed by atoms with Crippen LogP contribution >= 0.6 is 22.6 Å². The summed E-state index contributed by atoms with van der Waals surface area (Å²) >= 11 is 2.20. The maximum atomic E-state index is 13.8. The van der Waals surface area contributed by atoms with Crippen molar-refractivity contribution in [2.45, 2.75) is 40.2 Å². The van der Waals surface area contributed by atoms with E-state index in [-0.39, 0.29) is 11.4 Å². The second-order valence-corrected chi connectivity index (χ2v) is 11.5. The Morgan fingerprint density at radius 1 is 1.13 bits per heavy atom. The highest BCUT2D eigenvalue weighted by atomic mass is 127. The summed E-state index contributed by atoms with van der Waals surface area (Å²) in [5.41, 5.74) is 9.83. The summed E-state index contributed by atoms with van der Waals surface area (Å²) in [6.07, 6.45) is 5.28. The highest BCUT2D eigenvalue weighted by Gasteiger charge is 2.28. The Labute approximate surface area is 236 Å². The number of ether oxygens (including phenoxy) is 1. The molecule has 0 saturated carbocycles. The fraction of sp³-hybridized carbons (Fsp3) is 0.407. The summed E-state index contributed by atoms with van der Waals surface area (Å²) in [5.74, 6) is -0.169. The van der Waals surface area contributed by atoms with E-state index in [1.807, 2.05) is 28.4 Å². The van der Waals surface area contributed by atoms with Crippen LogP contribution in [0, 0.1) is 17.5 Å². The Balaban J connectivity index is 1.59. The van der Waals surface area contributed by atoms with Crippen molar-refractivity contribution >= 4 is 45.5 Å². The number of fused-ring (bicyclic) bond motifs is 1. The first-order valence-corrected chi connectivity index (χ1v) is 13.7. The lowest BCUT2D eigenvalue weighted by Crippen LogP contribution is -2.41. The fourth-order valence-corrected chi connectivity index (χ4v) is 6.04. The largest absolute Gasteiger partial charge is 0.378 e. The Morgan fingerprint density at radius 3 is 2.53 bits per heavy atom. The molecule has 4 heterocycles. The van der Waals surface area contributed by atoms with Crippen LogP contribution in [0.3, 0.4) is 0 Å². The van der Waals surface area contributed by atoms with Gasteiger partial charge in [0.1, 0.15) is 3.70 Å². The van der Waals surface area contributed by atoms with Crippen molar-refractivity contribution in [3.05, 3.63) is 57.2 Å². The average Bonchev–Trinajstić information content (AvgIpc) is 3.52. The number of hydrogen-bond donors (Lipinski definition) is 1. The molecule has 1 aliphatic heterocycles. The predicted molar refractivity (Wildman–Crippen MR) is 157 cm³/mol. The van der Waals surface area contributed by atoms with Gasteiger partial charge in [-0.05, 0) is 80.5 Å². The predicted octanol–water partition coefficient (Wildman–Crippen LogP) is 4.19. The van der Waals surface area contributed by atoms with Gasteiger partial charge >= 0.3 is 0 Å². The van der Waals surface area contributed by atoms with Crippen molar-refractivity contribution in [1.82, 2.24) is 29.8 Å². The quantitative estimate of drug-likeness (QED) is 0.262.